The van der Waals surface area contributed by atoms with Gasteiger partial charge in [-0.15, -0.1) is 0 Å². The summed E-state index contributed by atoms with van der Waals surface area (Å²) in [6, 6.07) is 7.62. The van der Waals surface area contributed by atoms with Gasteiger partial charge in [-0.3, -0.25) is 9.48 Å². The fraction of sp³-hybridized carbons (Fsp3) is 0.375. The normalized spacial score (nSPS) is 18.6. The van der Waals surface area contributed by atoms with Crippen LogP contribution >= 0.6 is 0 Å². The van der Waals surface area contributed by atoms with Crippen molar-refractivity contribution in [1.29, 1.82) is 0 Å². The zero-order valence-corrected chi connectivity index (χ0v) is 18.3. The number of piperidine rings is 1. The average molecular weight is 418 g/mol. The SMILES string of the molecule is Cc1c(O)c(-c2ccc3c(=O)n(C4CCNC(C)(C)C4)ccc3n2)cc2cn(C)nc12. The number of nitrogens with zero attached hydrogens (tertiary/aromatic N) is 4. The lowest BCUT2D eigenvalue weighted by atomic mass is 9.89. The molecule has 0 aliphatic carbocycles. The number of phenols is 1. The summed E-state index contributed by atoms with van der Waals surface area (Å²) in [5, 5.41) is 20.3. The monoisotopic (exact) mass is 417 g/mol. The number of phenolic OH excluding ortho intramolecular Hbond substituents is 1. The van der Waals surface area contributed by atoms with Crippen molar-refractivity contribution in [1.82, 2.24) is 24.6 Å². The van der Waals surface area contributed by atoms with Crippen LogP contribution < -0.4 is 10.9 Å². The molecule has 5 rings (SSSR count). The molecular formula is C24H27N5O2. The molecule has 0 saturated carbocycles. The maximum Gasteiger partial charge on any atom is 0.260 e. The quantitative estimate of drug-likeness (QED) is 0.520. The Hall–Kier alpha value is -3.19. The highest BCUT2D eigenvalue weighted by atomic mass is 16.3. The lowest BCUT2D eigenvalue weighted by molar-refractivity contribution is 0.229. The summed E-state index contributed by atoms with van der Waals surface area (Å²) < 4.78 is 3.59. The summed E-state index contributed by atoms with van der Waals surface area (Å²) in [4.78, 5) is 18.0. The fourth-order valence-corrected chi connectivity index (χ4v) is 4.79. The Bertz CT molecular complexity index is 1380. The van der Waals surface area contributed by atoms with Crippen LogP contribution in [0.1, 0.15) is 38.3 Å². The topological polar surface area (TPSA) is 85.0 Å². The predicted octanol–water partition coefficient (Wildman–Crippen LogP) is 3.67. The summed E-state index contributed by atoms with van der Waals surface area (Å²) in [5.41, 5.74) is 3.41. The van der Waals surface area contributed by atoms with E-state index in [9.17, 15) is 9.90 Å². The summed E-state index contributed by atoms with van der Waals surface area (Å²) in [6.07, 6.45) is 5.62. The van der Waals surface area contributed by atoms with Crippen molar-refractivity contribution < 1.29 is 5.11 Å². The molecule has 31 heavy (non-hydrogen) atoms. The molecule has 2 N–H and O–H groups in total. The van der Waals surface area contributed by atoms with E-state index in [0.29, 0.717) is 22.2 Å². The van der Waals surface area contributed by atoms with E-state index in [-0.39, 0.29) is 22.9 Å². The third kappa shape index (κ3) is 3.29. The first-order valence-corrected chi connectivity index (χ1v) is 10.7. The van der Waals surface area contributed by atoms with Gasteiger partial charge in [0.15, 0.2) is 0 Å². The van der Waals surface area contributed by atoms with Crippen molar-refractivity contribution in [2.75, 3.05) is 6.54 Å². The lowest BCUT2D eigenvalue weighted by Crippen LogP contribution is -2.47. The molecule has 1 unspecified atom stereocenters. The third-order valence-corrected chi connectivity index (χ3v) is 6.40. The molecule has 0 spiro atoms. The molecule has 0 radical (unpaired) electrons. The van der Waals surface area contributed by atoms with Crippen molar-refractivity contribution in [2.24, 2.45) is 7.05 Å². The fourth-order valence-electron chi connectivity index (χ4n) is 4.79. The summed E-state index contributed by atoms with van der Waals surface area (Å²) in [5.74, 6) is 0.170. The van der Waals surface area contributed by atoms with E-state index in [1.165, 1.54) is 0 Å². The van der Waals surface area contributed by atoms with Gasteiger partial charge in [0.1, 0.15) is 5.75 Å². The second kappa shape index (κ2) is 6.92. The van der Waals surface area contributed by atoms with Crippen LogP contribution in [0, 0.1) is 6.92 Å². The van der Waals surface area contributed by atoms with Crippen molar-refractivity contribution in [2.45, 2.75) is 45.2 Å². The molecule has 0 bridgehead atoms. The molecule has 7 nitrogen and oxygen atoms in total. The first-order chi connectivity index (χ1) is 14.7. The van der Waals surface area contributed by atoms with E-state index in [1.54, 1.807) is 4.68 Å². The zero-order valence-electron chi connectivity index (χ0n) is 18.3. The number of benzene rings is 1. The highest BCUT2D eigenvalue weighted by Crippen LogP contribution is 2.36. The van der Waals surface area contributed by atoms with Crippen molar-refractivity contribution in [3.05, 3.63) is 52.6 Å². The Balaban J connectivity index is 1.60. The van der Waals surface area contributed by atoms with Crippen LogP contribution in [0.2, 0.25) is 0 Å². The van der Waals surface area contributed by atoms with Gasteiger partial charge in [-0.05, 0) is 64.4 Å². The second-order valence-corrected chi connectivity index (χ2v) is 9.25. The first kappa shape index (κ1) is 19.8. The maximum atomic E-state index is 13.2. The van der Waals surface area contributed by atoms with E-state index >= 15 is 0 Å². The van der Waals surface area contributed by atoms with Crippen molar-refractivity contribution >= 4 is 21.8 Å². The van der Waals surface area contributed by atoms with Gasteiger partial charge in [-0.25, -0.2) is 4.98 Å². The van der Waals surface area contributed by atoms with E-state index < -0.39 is 0 Å². The smallest absolute Gasteiger partial charge is 0.260 e. The van der Waals surface area contributed by atoms with Crippen LogP contribution in [0.3, 0.4) is 0 Å². The Morgan fingerprint density at radius 2 is 2.06 bits per heavy atom. The van der Waals surface area contributed by atoms with Crippen LogP contribution in [0.15, 0.2) is 41.5 Å². The number of hydrogen-bond donors (Lipinski definition) is 2. The third-order valence-electron chi connectivity index (χ3n) is 6.40. The number of fused-ring (bicyclic) bond motifs is 2. The predicted molar refractivity (Wildman–Crippen MR) is 122 cm³/mol. The number of pyridine rings is 2. The zero-order chi connectivity index (χ0) is 21.9. The maximum absolute atomic E-state index is 13.2. The molecule has 1 saturated heterocycles. The standard InChI is InChI=1S/C24H27N5O2/c1-14-21-15(13-28(4)27-21)11-18(22(14)30)19-6-5-17-20(26-19)8-10-29(23(17)31)16-7-9-25-24(2,3)12-16/h5-6,8,10-11,13,16,25,30H,7,9,12H2,1-4H3. The molecular weight excluding hydrogens is 390 g/mol. The molecule has 4 aromatic rings. The molecule has 1 fully saturated rings. The number of hydrogen-bond acceptors (Lipinski definition) is 5. The van der Waals surface area contributed by atoms with E-state index in [2.05, 4.69) is 24.3 Å². The number of aromatic nitrogens is 4. The minimum atomic E-state index is -0.0117. The summed E-state index contributed by atoms with van der Waals surface area (Å²) in [7, 11) is 1.86. The van der Waals surface area contributed by atoms with Gasteiger partial charge < -0.3 is 15.0 Å². The van der Waals surface area contributed by atoms with Crippen LogP contribution in [-0.4, -0.2) is 36.5 Å². The molecule has 1 atom stereocenters. The Morgan fingerprint density at radius 1 is 1.26 bits per heavy atom. The Kier molecular flexibility index (Phi) is 4.41. The van der Waals surface area contributed by atoms with E-state index in [1.807, 2.05) is 55.2 Å². The minimum absolute atomic E-state index is 0.0117. The number of aryl methyl sites for hydroxylation is 2. The molecule has 4 heterocycles. The van der Waals surface area contributed by atoms with Crippen LogP contribution in [0.25, 0.3) is 33.1 Å². The van der Waals surface area contributed by atoms with Crippen molar-refractivity contribution in [3.63, 3.8) is 0 Å². The number of nitrogens with one attached hydrogen (secondary N) is 1. The van der Waals surface area contributed by atoms with Gasteiger partial charge in [-0.2, -0.15) is 5.10 Å². The molecule has 3 aromatic heterocycles. The molecule has 160 valence electrons. The number of aromatic hydroxyl groups is 1. The largest absolute Gasteiger partial charge is 0.507 e. The van der Waals surface area contributed by atoms with Gasteiger partial charge in [0.05, 0.1) is 22.1 Å². The highest BCUT2D eigenvalue weighted by Gasteiger charge is 2.29. The van der Waals surface area contributed by atoms with E-state index in [0.717, 1.165) is 35.9 Å². The first-order valence-electron chi connectivity index (χ1n) is 10.7. The Morgan fingerprint density at radius 3 is 2.84 bits per heavy atom. The molecule has 1 aromatic carbocycles. The van der Waals surface area contributed by atoms with E-state index in [4.69, 9.17) is 4.98 Å². The van der Waals surface area contributed by atoms with Crippen LogP contribution in [0.5, 0.6) is 5.75 Å². The molecule has 7 heteroatoms. The average Bonchev–Trinajstić information content (AvgIpc) is 3.10. The van der Waals surface area contributed by atoms with Crippen molar-refractivity contribution in [3.8, 4) is 17.0 Å². The number of rotatable bonds is 2. The van der Waals surface area contributed by atoms with Crippen LogP contribution in [0.4, 0.5) is 0 Å². The van der Waals surface area contributed by atoms with Gasteiger partial charge >= 0.3 is 0 Å². The van der Waals surface area contributed by atoms with Gasteiger partial charge in [0, 0.05) is 47.5 Å². The van der Waals surface area contributed by atoms with Gasteiger partial charge in [-0.1, -0.05) is 0 Å². The summed E-state index contributed by atoms with van der Waals surface area (Å²) >= 11 is 0. The van der Waals surface area contributed by atoms with Gasteiger partial charge in [0.2, 0.25) is 0 Å². The summed E-state index contributed by atoms with van der Waals surface area (Å²) in [6.45, 7) is 7.10. The minimum Gasteiger partial charge on any atom is -0.507 e. The van der Waals surface area contributed by atoms with Crippen LogP contribution in [-0.2, 0) is 7.05 Å². The molecule has 1 aliphatic rings. The molecule has 0 amide bonds. The second-order valence-electron chi connectivity index (χ2n) is 9.25. The lowest BCUT2D eigenvalue weighted by Gasteiger charge is -2.37. The molecule has 1 aliphatic heterocycles. The highest BCUT2D eigenvalue weighted by molar-refractivity contribution is 5.91. The van der Waals surface area contributed by atoms with Gasteiger partial charge in [0.25, 0.3) is 5.56 Å². The Labute approximate surface area is 180 Å².